The second-order valence-corrected chi connectivity index (χ2v) is 3.90. The van der Waals surface area contributed by atoms with Gasteiger partial charge in [-0.15, -0.1) is 0 Å². The Bertz CT molecular complexity index is 162. The molecular formula is C9H16O4. The molecule has 0 bridgehead atoms. The summed E-state index contributed by atoms with van der Waals surface area (Å²) in [7, 11) is 0. The van der Waals surface area contributed by atoms with Crippen molar-refractivity contribution in [2.45, 2.75) is 18.6 Å². The second-order valence-electron chi connectivity index (χ2n) is 3.90. The zero-order valence-corrected chi connectivity index (χ0v) is 7.61. The Hall–Kier alpha value is -0.160. The summed E-state index contributed by atoms with van der Waals surface area (Å²) in [6.07, 6.45) is 1.43. The molecule has 1 spiro atoms. The van der Waals surface area contributed by atoms with E-state index in [2.05, 4.69) is 0 Å². The molecule has 0 aromatic heterocycles. The highest BCUT2D eigenvalue weighted by Crippen LogP contribution is 2.44. The van der Waals surface area contributed by atoms with Crippen LogP contribution >= 0.6 is 0 Å². The van der Waals surface area contributed by atoms with Gasteiger partial charge in [-0.3, -0.25) is 0 Å². The first-order valence-electron chi connectivity index (χ1n) is 4.79. The molecular weight excluding hydrogens is 172 g/mol. The van der Waals surface area contributed by atoms with E-state index in [1.165, 1.54) is 0 Å². The molecule has 2 fully saturated rings. The molecule has 76 valence electrons. The highest BCUT2D eigenvalue weighted by Gasteiger charge is 2.48. The number of aliphatic hydroxyl groups excluding tert-OH is 2. The summed E-state index contributed by atoms with van der Waals surface area (Å²) in [5.41, 5.74) is 0. The Labute approximate surface area is 77.5 Å². The van der Waals surface area contributed by atoms with Crippen molar-refractivity contribution in [1.82, 2.24) is 0 Å². The van der Waals surface area contributed by atoms with Crippen LogP contribution in [0.2, 0.25) is 0 Å². The van der Waals surface area contributed by atoms with Gasteiger partial charge in [0.25, 0.3) is 0 Å². The first-order valence-corrected chi connectivity index (χ1v) is 4.79. The summed E-state index contributed by atoms with van der Waals surface area (Å²) < 4.78 is 11.0. The van der Waals surface area contributed by atoms with Gasteiger partial charge in [0.15, 0.2) is 5.79 Å². The number of rotatable bonds is 2. The van der Waals surface area contributed by atoms with Crippen LogP contribution < -0.4 is 0 Å². The molecule has 2 rings (SSSR count). The first-order chi connectivity index (χ1) is 6.29. The van der Waals surface area contributed by atoms with Crippen molar-refractivity contribution in [2.24, 2.45) is 11.8 Å². The Morgan fingerprint density at radius 2 is 1.46 bits per heavy atom. The van der Waals surface area contributed by atoms with E-state index in [0.717, 1.165) is 0 Å². The van der Waals surface area contributed by atoms with E-state index in [1.54, 1.807) is 0 Å². The molecule has 2 atom stereocenters. The summed E-state index contributed by atoms with van der Waals surface area (Å²) in [5, 5.41) is 18.2. The van der Waals surface area contributed by atoms with Crippen LogP contribution in [-0.4, -0.2) is 42.4 Å². The number of hydrogen-bond donors (Lipinski definition) is 2. The van der Waals surface area contributed by atoms with Gasteiger partial charge in [-0.2, -0.15) is 0 Å². The molecule has 0 radical (unpaired) electrons. The van der Waals surface area contributed by atoms with Gasteiger partial charge < -0.3 is 19.7 Å². The normalized spacial score (nSPS) is 37.4. The van der Waals surface area contributed by atoms with Crippen molar-refractivity contribution in [1.29, 1.82) is 0 Å². The van der Waals surface area contributed by atoms with Gasteiger partial charge in [0.2, 0.25) is 0 Å². The Morgan fingerprint density at radius 1 is 1.00 bits per heavy atom. The van der Waals surface area contributed by atoms with Gasteiger partial charge in [-0.25, -0.2) is 0 Å². The minimum absolute atomic E-state index is 0.111. The topological polar surface area (TPSA) is 58.9 Å². The third kappa shape index (κ3) is 1.59. The lowest BCUT2D eigenvalue weighted by Crippen LogP contribution is -2.26. The van der Waals surface area contributed by atoms with Crippen molar-refractivity contribution in [2.75, 3.05) is 26.4 Å². The standard InChI is InChI=1S/C9H16O4/c10-5-7-3-9(4-8(7)6-11)12-1-2-13-9/h7-8,10-11H,1-6H2/t7-,8-/m1/s1. The maximum Gasteiger partial charge on any atom is 0.169 e. The molecule has 2 N–H and O–H groups in total. The molecule has 2 aliphatic rings. The van der Waals surface area contributed by atoms with Crippen LogP contribution in [0.1, 0.15) is 12.8 Å². The third-order valence-corrected chi connectivity index (χ3v) is 3.10. The van der Waals surface area contributed by atoms with Crippen molar-refractivity contribution < 1.29 is 19.7 Å². The average molecular weight is 188 g/mol. The van der Waals surface area contributed by atoms with Crippen LogP contribution in [0.4, 0.5) is 0 Å². The minimum Gasteiger partial charge on any atom is -0.396 e. The molecule has 0 unspecified atom stereocenters. The Kier molecular flexibility index (Phi) is 2.55. The van der Waals surface area contributed by atoms with Crippen LogP contribution in [0.5, 0.6) is 0 Å². The SMILES string of the molecule is OC[C@H]1CC2(C[C@@H]1CO)OCCO2. The zero-order valence-electron chi connectivity index (χ0n) is 7.61. The lowest BCUT2D eigenvalue weighted by molar-refractivity contribution is -0.155. The molecule has 0 aromatic rings. The third-order valence-electron chi connectivity index (χ3n) is 3.10. The van der Waals surface area contributed by atoms with E-state index in [-0.39, 0.29) is 25.0 Å². The van der Waals surface area contributed by atoms with Gasteiger partial charge in [-0.05, 0) is 11.8 Å². The van der Waals surface area contributed by atoms with Crippen LogP contribution in [0, 0.1) is 11.8 Å². The summed E-state index contributed by atoms with van der Waals surface area (Å²) in [4.78, 5) is 0. The van der Waals surface area contributed by atoms with E-state index in [4.69, 9.17) is 19.7 Å². The smallest absolute Gasteiger partial charge is 0.169 e. The average Bonchev–Trinajstić information content (AvgIpc) is 2.74. The number of aliphatic hydroxyl groups is 2. The van der Waals surface area contributed by atoms with Crippen LogP contribution in [0.3, 0.4) is 0 Å². The van der Waals surface area contributed by atoms with Gasteiger partial charge in [0.05, 0.1) is 13.2 Å². The minimum atomic E-state index is -0.485. The van der Waals surface area contributed by atoms with E-state index < -0.39 is 5.79 Å². The maximum absolute atomic E-state index is 9.09. The van der Waals surface area contributed by atoms with E-state index in [9.17, 15) is 0 Å². The highest BCUT2D eigenvalue weighted by atomic mass is 16.7. The number of ether oxygens (including phenoxy) is 2. The van der Waals surface area contributed by atoms with Gasteiger partial charge in [0, 0.05) is 26.1 Å². The van der Waals surface area contributed by atoms with Crippen LogP contribution in [0.25, 0.3) is 0 Å². The Balaban J connectivity index is 2.03. The monoisotopic (exact) mass is 188 g/mol. The quantitative estimate of drug-likeness (QED) is 0.627. The molecule has 1 saturated heterocycles. The molecule has 4 nitrogen and oxygen atoms in total. The number of hydrogen-bond acceptors (Lipinski definition) is 4. The van der Waals surface area contributed by atoms with Crippen LogP contribution in [-0.2, 0) is 9.47 Å². The summed E-state index contributed by atoms with van der Waals surface area (Å²) >= 11 is 0. The predicted octanol–water partition coefficient (Wildman–Crippen LogP) is -0.260. The van der Waals surface area contributed by atoms with Crippen molar-refractivity contribution in [3.8, 4) is 0 Å². The fourth-order valence-corrected chi connectivity index (χ4v) is 2.38. The van der Waals surface area contributed by atoms with E-state index >= 15 is 0 Å². The summed E-state index contributed by atoms with van der Waals surface area (Å²) in [6.45, 7) is 1.49. The zero-order chi connectivity index (χ0) is 9.31. The van der Waals surface area contributed by atoms with Gasteiger partial charge >= 0.3 is 0 Å². The summed E-state index contributed by atoms with van der Waals surface area (Å²) in [5.74, 6) is -0.230. The predicted molar refractivity (Wildman–Crippen MR) is 45.0 cm³/mol. The largest absolute Gasteiger partial charge is 0.396 e. The molecule has 1 aliphatic carbocycles. The fourth-order valence-electron chi connectivity index (χ4n) is 2.38. The molecule has 0 aromatic carbocycles. The fraction of sp³-hybridized carbons (Fsp3) is 1.00. The van der Waals surface area contributed by atoms with Gasteiger partial charge in [0.1, 0.15) is 0 Å². The van der Waals surface area contributed by atoms with Crippen molar-refractivity contribution >= 4 is 0 Å². The Morgan fingerprint density at radius 3 is 1.85 bits per heavy atom. The molecule has 1 heterocycles. The first kappa shape index (κ1) is 9.40. The lowest BCUT2D eigenvalue weighted by atomic mass is 9.98. The van der Waals surface area contributed by atoms with Crippen LogP contribution in [0.15, 0.2) is 0 Å². The molecule has 4 heteroatoms. The van der Waals surface area contributed by atoms with Crippen molar-refractivity contribution in [3.05, 3.63) is 0 Å². The lowest BCUT2D eigenvalue weighted by Gasteiger charge is -2.21. The van der Waals surface area contributed by atoms with E-state index in [1.807, 2.05) is 0 Å². The van der Waals surface area contributed by atoms with E-state index in [0.29, 0.717) is 26.1 Å². The molecule has 1 aliphatic heterocycles. The molecule has 0 amide bonds. The second kappa shape index (κ2) is 3.53. The highest BCUT2D eigenvalue weighted by molar-refractivity contribution is 4.91. The van der Waals surface area contributed by atoms with Crippen molar-refractivity contribution in [3.63, 3.8) is 0 Å². The molecule has 1 saturated carbocycles. The van der Waals surface area contributed by atoms with Gasteiger partial charge in [-0.1, -0.05) is 0 Å². The maximum atomic E-state index is 9.09. The summed E-state index contributed by atoms with van der Waals surface area (Å²) in [6, 6.07) is 0. The molecule has 13 heavy (non-hydrogen) atoms.